The summed E-state index contributed by atoms with van der Waals surface area (Å²) in [6, 6.07) is 21.8. The summed E-state index contributed by atoms with van der Waals surface area (Å²) in [6.45, 7) is 3.27. The topological polar surface area (TPSA) is 94.5 Å². The van der Waals surface area contributed by atoms with Crippen molar-refractivity contribution < 1.29 is 14.3 Å². The number of hydrogen-bond donors (Lipinski definition) is 2. The van der Waals surface area contributed by atoms with Crippen LogP contribution in [0.5, 0.6) is 0 Å². The Morgan fingerprint density at radius 2 is 1.71 bits per heavy atom. The minimum atomic E-state index is -0.810. The summed E-state index contributed by atoms with van der Waals surface area (Å²) in [5.41, 5.74) is 5.79. The van der Waals surface area contributed by atoms with Crippen LogP contribution in [0.2, 0.25) is 0 Å². The van der Waals surface area contributed by atoms with Crippen molar-refractivity contribution in [2.45, 2.75) is 37.6 Å². The van der Waals surface area contributed by atoms with Crippen LogP contribution in [-0.4, -0.2) is 42.6 Å². The third-order valence-electron chi connectivity index (χ3n) is 5.73. The number of ether oxygens (including phenoxy) is 1. The Bertz CT molecular complexity index is 872. The molecule has 2 aromatic carbocycles. The van der Waals surface area contributed by atoms with Crippen molar-refractivity contribution in [3.63, 3.8) is 0 Å². The lowest BCUT2D eigenvalue weighted by molar-refractivity contribution is -0.126. The van der Waals surface area contributed by atoms with Gasteiger partial charge in [0.05, 0.1) is 18.7 Å². The molecule has 1 heterocycles. The number of carbonyl (C=O) groups is 2. The number of hydrazine groups is 1. The first-order valence-electron chi connectivity index (χ1n) is 10.6. The Labute approximate surface area is 183 Å². The molecule has 1 aliphatic heterocycles. The lowest BCUT2D eigenvalue weighted by atomic mass is 9.73. The average Bonchev–Trinajstić information content (AvgIpc) is 3.29. The molecule has 1 aliphatic rings. The van der Waals surface area contributed by atoms with E-state index in [2.05, 4.69) is 21.8 Å². The maximum Gasteiger partial charge on any atom is 0.426 e. The van der Waals surface area contributed by atoms with Crippen LogP contribution in [0.1, 0.15) is 37.3 Å². The zero-order chi connectivity index (χ0) is 22.1. The normalized spacial score (nSPS) is 16.3. The van der Waals surface area contributed by atoms with Crippen molar-refractivity contribution in [3.05, 3.63) is 71.8 Å². The van der Waals surface area contributed by atoms with Crippen LogP contribution in [0, 0.1) is 11.3 Å². The van der Waals surface area contributed by atoms with Crippen LogP contribution in [-0.2, 0) is 14.9 Å². The van der Waals surface area contributed by atoms with E-state index < -0.39 is 11.5 Å². The zero-order valence-electron chi connectivity index (χ0n) is 17.7. The van der Waals surface area contributed by atoms with Gasteiger partial charge in [-0.3, -0.25) is 15.1 Å². The predicted octanol–water partition coefficient (Wildman–Crippen LogP) is 3.13. The molecule has 2 amide bonds. The fourth-order valence-corrected chi connectivity index (χ4v) is 4.15. The Kier molecular flexibility index (Phi) is 7.63. The molecule has 0 radical (unpaired) electrons. The largest absolute Gasteiger partial charge is 0.449 e. The highest BCUT2D eigenvalue weighted by Crippen LogP contribution is 2.36. The van der Waals surface area contributed by atoms with Crippen LogP contribution < -0.4 is 10.9 Å². The van der Waals surface area contributed by atoms with E-state index in [1.165, 1.54) is 0 Å². The molecule has 7 nitrogen and oxygen atoms in total. The summed E-state index contributed by atoms with van der Waals surface area (Å²) >= 11 is 0. The lowest BCUT2D eigenvalue weighted by Gasteiger charge is -2.31. The number of hydrogen-bond acceptors (Lipinski definition) is 5. The number of nitriles is 1. The average molecular weight is 421 g/mol. The standard InChI is InChI=1S/C24H28N4O3/c1-2-31-23(30)27-26-22(29)21-14-9-16-28(21)17-15-24(18-25,19-10-5-3-6-11-19)20-12-7-4-8-13-20/h3-8,10-13,21H,2,9,14-17H2,1H3,(H,26,29)(H,27,30)/t21-/m1/s1. The van der Waals surface area contributed by atoms with Crippen molar-refractivity contribution in [3.8, 4) is 6.07 Å². The smallest absolute Gasteiger partial charge is 0.426 e. The summed E-state index contributed by atoms with van der Waals surface area (Å²) in [5, 5.41) is 10.3. The van der Waals surface area contributed by atoms with Crippen LogP contribution in [0.15, 0.2) is 60.7 Å². The minimum Gasteiger partial charge on any atom is -0.449 e. The minimum absolute atomic E-state index is 0.229. The highest BCUT2D eigenvalue weighted by Gasteiger charge is 2.37. The monoisotopic (exact) mass is 420 g/mol. The molecule has 1 fully saturated rings. The summed E-state index contributed by atoms with van der Waals surface area (Å²) in [4.78, 5) is 26.1. The van der Waals surface area contributed by atoms with Crippen LogP contribution in [0.25, 0.3) is 0 Å². The summed E-state index contributed by atoms with van der Waals surface area (Å²) < 4.78 is 4.77. The molecule has 0 saturated carbocycles. The lowest BCUT2D eigenvalue weighted by Crippen LogP contribution is -2.51. The number of nitrogens with one attached hydrogen (secondary N) is 2. The first-order chi connectivity index (χ1) is 15.1. The fourth-order valence-electron chi connectivity index (χ4n) is 4.15. The van der Waals surface area contributed by atoms with E-state index in [-0.39, 0.29) is 18.6 Å². The van der Waals surface area contributed by atoms with Crippen LogP contribution >= 0.6 is 0 Å². The van der Waals surface area contributed by atoms with E-state index in [0.29, 0.717) is 19.4 Å². The van der Waals surface area contributed by atoms with Crippen molar-refractivity contribution in [2.24, 2.45) is 0 Å². The second-order valence-corrected chi connectivity index (χ2v) is 7.53. The number of amides is 2. The van der Waals surface area contributed by atoms with Gasteiger partial charge >= 0.3 is 6.09 Å². The Morgan fingerprint density at radius 1 is 1.10 bits per heavy atom. The molecular weight excluding hydrogens is 392 g/mol. The molecular formula is C24H28N4O3. The Balaban J connectivity index is 1.75. The third-order valence-corrected chi connectivity index (χ3v) is 5.73. The molecule has 3 rings (SSSR count). The van der Waals surface area contributed by atoms with E-state index in [0.717, 1.165) is 24.1 Å². The van der Waals surface area contributed by atoms with Gasteiger partial charge in [-0.05, 0) is 43.9 Å². The van der Waals surface area contributed by atoms with Crippen molar-refractivity contribution in [1.29, 1.82) is 5.26 Å². The van der Waals surface area contributed by atoms with Crippen molar-refractivity contribution >= 4 is 12.0 Å². The second-order valence-electron chi connectivity index (χ2n) is 7.53. The molecule has 0 unspecified atom stereocenters. The fraction of sp³-hybridized carbons (Fsp3) is 0.375. The highest BCUT2D eigenvalue weighted by molar-refractivity contribution is 5.83. The summed E-state index contributed by atoms with van der Waals surface area (Å²) in [7, 11) is 0. The third kappa shape index (κ3) is 5.22. The second kappa shape index (κ2) is 10.6. The zero-order valence-corrected chi connectivity index (χ0v) is 17.7. The van der Waals surface area contributed by atoms with Gasteiger partial charge in [0.25, 0.3) is 5.91 Å². The molecule has 162 valence electrons. The maximum absolute atomic E-state index is 12.6. The number of benzene rings is 2. The summed E-state index contributed by atoms with van der Waals surface area (Å²) in [5.74, 6) is -0.271. The predicted molar refractivity (Wildman–Crippen MR) is 117 cm³/mol. The van der Waals surface area contributed by atoms with E-state index >= 15 is 0 Å². The molecule has 0 aromatic heterocycles. The Hall–Kier alpha value is -3.37. The van der Waals surface area contributed by atoms with Gasteiger partial charge in [0.15, 0.2) is 0 Å². The molecule has 7 heteroatoms. The molecule has 1 atom stereocenters. The van der Waals surface area contributed by atoms with Gasteiger partial charge in [0.1, 0.15) is 5.41 Å². The number of likely N-dealkylation sites (tertiary alicyclic amines) is 1. The number of rotatable bonds is 7. The van der Waals surface area contributed by atoms with Gasteiger partial charge in [0, 0.05) is 6.54 Å². The van der Waals surface area contributed by atoms with E-state index in [4.69, 9.17) is 4.74 Å². The number of nitrogens with zero attached hydrogens (tertiary/aromatic N) is 2. The molecule has 1 saturated heterocycles. The first-order valence-corrected chi connectivity index (χ1v) is 10.6. The van der Waals surface area contributed by atoms with Crippen LogP contribution in [0.3, 0.4) is 0 Å². The van der Waals surface area contributed by atoms with Gasteiger partial charge < -0.3 is 4.74 Å². The molecule has 2 aromatic rings. The van der Waals surface area contributed by atoms with Crippen molar-refractivity contribution in [2.75, 3.05) is 19.7 Å². The molecule has 31 heavy (non-hydrogen) atoms. The van der Waals surface area contributed by atoms with Gasteiger partial charge in [-0.15, -0.1) is 0 Å². The summed E-state index contributed by atoms with van der Waals surface area (Å²) in [6.07, 6.45) is 1.45. The van der Waals surface area contributed by atoms with Crippen molar-refractivity contribution in [1.82, 2.24) is 15.8 Å². The molecule has 0 bridgehead atoms. The molecule has 0 aliphatic carbocycles. The maximum atomic E-state index is 12.6. The van der Waals surface area contributed by atoms with Gasteiger partial charge in [-0.1, -0.05) is 60.7 Å². The van der Waals surface area contributed by atoms with Crippen LogP contribution in [0.4, 0.5) is 4.79 Å². The quantitative estimate of drug-likeness (QED) is 0.671. The number of carbonyl (C=O) groups excluding carboxylic acids is 2. The van der Waals surface area contributed by atoms with E-state index in [1.54, 1.807) is 6.92 Å². The van der Waals surface area contributed by atoms with Gasteiger partial charge in [-0.2, -0.15) is 5.26 Å². The van der Waals surface area contributed by atoms with Gasteiger partial charge in [-0.25, -0.2) is 10.2 Å². The SMILES string of the molecule is CCOC(=O)NNC(=O)[C@H]1CCCN1CCC(C#N)(c1ccccc1)c1ccccc1. The highest BCUT2D eigenvalue weighted by atomic mass is 16.5. The van der Waals surface area contributed by atoms with E-state index in [1.807, 2.05) is 60.7 Å². The Morgan fingerprint density at radius 3 is 2.26 bits per heavy atom. The first kappa shape index (κ1) is 22.3. The molecule has 2 N–H and O–H groups in total. The van der Waals surface area contributed by atoms with Gasteiger partial charge in [0.2, 0.25) is 0 Å². The van der Waals surface area contributed by atoms with E-state index in [9.17, 15) is 14.9 Å². The molecule has 0 spiro atoms.